The minimum Gasteiger partial charge on any atom is -0.481 e. The van der Waals surface area contributed by atoms with Crippen LogP contribution >= 0.6 is 11.3 Å². The lowest BCUT2D eigenvalue weighted by Crippen LogP contribution is -2.47. The van der Waals surface area contributed by atoms with E-state index in [4.69, 9.17) is 4.74 Å². The summed E-state index contributed by atoms with van der Waals surface area (Å²) in [5.74, 6) is -3.47. The molecule has 1 aromatic heterocycles. The molecular weight excluding hydrogens is 426 g/mol. The summed E-state index contributed by atoms with van der Waals surface area (Å²) < 4.78 is 5.04. The van der Waals surface area contributed by atoms with E-state index in [0.717, 1.165) is 35.3 Å². The van der Waals surface area contributed by atoms with E-state index in [9.17, 15) is 19.5 Å². The number of carbonyl (C=O) groups is 3. The van der Waals surface area contributed by atoms with Gasteiger partial charge in [0.2, 0.25) is 5.91 Å². The zero-order chi connectivity index (χ0) is 23.0. The summed E-state index contributed by atoms with van der Waals surface area (Å²) in [6.45, 7) is 3.98. The second kappa shape index (κ2) is 8.90. The zero-order valence-corrected chi connectivity index (χ0v) is 19.2. The van der Waals surface area contributed by atoms with Crippen LogP contribution in [0.15, 0.2) is 36.4 Å². The number of ether oxygens (including phenoxy) is 1. The number of aliphatic carboxylic acids is 1. The number of amides is 1. The molecule has 168 valence electrons. The van der Waals surface area contributed by atoms with Crippen LogP contribution in [0.2, 0.25) is 0 Å². The van der Waals surface area contributed by atoms with Crippen molar-refractivity contribution in [2.24, 2.45) is 23.7 Å². The first-order valence-corrected chi connectivity index (χ1v) is 11.7. The fourth-order valence-electron chi connectivity index (χ4n) is 5.07. The number of carbonyl (C=O) groups excluding carboxylic acids is 2. The van der Waals surface area contributed by atoms with Gasteiger partial charge in [-0.3, -0.25) is 9.59 Å². The van der Waals surface area contributed by atoms with E-state index in [0.29, 0.717) is 10.6 Å². The number of nitrogens with one attached hydrogen (secondary N) is 1. The molecule has 7 heteroatoms. The molecule has 6 nitrogen and oxygen atoms in total. The number of anilines is 1. The molecule has 2 bridgehead atoms. The van der Waals surface area contributed by atoms with Crippen LogP contribution in [0.25, 0.3) is 11.1 Å². The van der Waals surface area contributed by atoms with Crippen LogP contribution in [-0.2, 0) is 20.7 Å². The Labute approximate surface area is 191 Å². The maximum Gasteiger partial charge on any atom is 0.341 e. The monoisotopic (exact) mass is 453 g/mol. The van der Waals surface area contributed by atoms with Gasteiger partial charge in [-0.2, -0.15) is 0 Å². The van der Waals surface area contributed by atoms with Crippen LogP contribution in [0, 0.1) is 30.6 Å². The molecule has 4 atom stereocenters. The molecule has 1 aromatic carbocycles. The van der Waals surface area contributed by atoms with E-state index < -0.39 is 23.8 Å². The van der Waals surface area contributed by atoms with Gasteiger partial charge in [-0.1, -0.05) is 43.3 Å². The molecule has 1 saturated carbocycles. The number of carboxylic acids is 1. The third-order valence-electron chi connectivity index (χ3n) is 6.70. The van der Waals surface area contributed by atoms with Crippen molar-refractivity contribution in [2.45, 2.75) is 33.1 Å². The Balaban J connectivity index is 1.71. The van der Waals surface area contributed by atoms with Gasteiger partial charge in [-0.25, -0.2) is 4.79 Å². The molecular formula is C25H27NO5S. The van der Waals surface area contributed by atoms with Crippen molar-refractivity contribution in [1.29, 1.82) is 0 Å². The number of hydrogen-bond donors (Lipinski definition) is 2. The first kappa shape index (κ1) is 22.3. The molecule has 3 aliphatic carbocycles. The zero-order valence-electron chi connectivity index (χ0n) is 18.4. The Morgan fingerprint density at radius 3 is 2.25 bits per heavy atom. The van der Waals surface area contributed by atoms with E-state index in [1.165, 1.54) is 24.0 Å². The number of thiophene rings is 1. The summed E-state index contributed by atoms with van der Waals surface area (Å²) >= 11 is 1.31. The first-order valence-electron chi connectivity index (χ1n) is 10.9. The largest absolute Gasteiger partial charge is 0.481 e. The molecule has 2 aromatic rings. The van der Waals surface area contributed by atoms with Gasteiger partial charge in [-0.05, 0) is 49.1 Å². The molecule has 1 fully saturated rings. The number of methoxy groups -OCH3 is 1. The van der Waals surface area contributed by atoms with E-state index in [2.05, 4.69) is 12.2 Å². The Kier molecular flexibility index (Phi) is 6.20. The van der Waals surface area contributed by atoms with Gasteiger partial charge in [0.15, 0.2) is 0 Å². The van der Waals surface area contributed by atoms with Gasteiger partial charge in [0.1, 0.15) is 10.6 Å². The van der Waals surface area contributed by atoms with Crippen LogP contribution in [0.3, 0.4) is 0 Å². The summed E-state index contributed by atoms with van der Waals surface area (Å²) in [5.41, 5.74) is 3.12. The van der Waals surface area contributed by atoms with Gasteiger partial charge in [0, 0.05) is 10.4 Å². The summed E-state index contributed by atoms with van der Waals surface area (Å²) in [7, 11) is 1.32. The highest BCUT2D eigenvalue weighted by Gasteiger charge is 2.48. The lowest BCUT2D eigenvalue weighted by molar-refractivity contribution is -0.151. The van der Waals surface area contributed by atoms with E-state index >= 15 is 0 Å². The normalized spacial score (nSPS) is 23.7. The van der Waals surface area contributed by atoms with Crippen LogP contribution in [0.4, 0.5) is 5.00 Å². The molecule has 5 rings (SSSR count). The molecule has 3 aliphatic rings. The predicted molar refractivity (Wildman–Crippen MR) is 124 cm³/mol. The molecule has 2 N–H and O–H groups in total. The third-order valence-corrected chi connectivity index (χ3v) is 7.72. The second-order valence-corrected chi connectivity index (χ2v) is 9.67. The molecule has 0 saturated heterocycles. The molecule has 0 aliphatic heterocycles. The molecule has 1 heterocycles. The van der Waals surface area contributed by atoms with Crippen molar-refractivity contribution in [1.82, 2.24) is 0 Å². The highest BCUT2D eigenvalue weighted by atomic mass is 32.1. The van der Waals surface area contributed by atoms with E-state index in [1.54, 1.807) is 0 Å². The lowest BCUT2D eigenvalue weighted by Gasteiger charge is -2.41. The number of carboxylic acid groups (broad SMARTS) is 1. The maximum atomic E-state index is 13.3. The van der Waals surface area contributed by atoms with Crippen LogP contribution in [0.5, 0.6) is 0 Å². The summed E-state index contributed by atoms with van der Waals surface area (Å²) in [5, 5.41) is 13.1. The Morgan fingerprint density at radius 2 is 1.72 bits per heavy atom. The number of benzene rings is 1. The number of fused-ring (bicyclic) bond motifs is 2. The van der Waals surface area contributed by atoms with Crippen molar-refractivity contribution in [3.63, 3.8) is 0 Å². The maximum absolute atomic E-state index is 13.3. The summed E-state index contributed by atoms with van der Waals surface area (Å²) in [6, 6.07) is 7.98. The Hall–Kier alpha value is -2.93. The molecule has 1 amide bonds. The van der Waals surface area contributed by atoms with Gasteiger partial charge in [-0.15, -0.1) is 11.3 Å². The first-order chi connectivity index (χ1) is 15.3. The number of hydrogen-bond acceptors (Lipinski definition) is 5. The van der Waals surface area contributed by atoms with Gasteiger partial charge >= 0.3 is 11.9 Å². The van der Waals surface area contributed by atoms with E-state index in [-0.39, 0.29) is 17.7 Å². The number of esters is 1. The summed E-state index contributed by atoms with van der Waals surface area (Å²) in [6.07, 6.45) is 6.40. The number of rotatable bonds is 6. The van der Waals surface area contributed by atoms with Gasteiger partial charge in [0.25, 0.3) is 0 Å². The SMILES string of the molecule is CCc1ccc(-c2c(C)sc(NC(=O)[C@@H]3[C@H](C(=O)O)[C@H]4C=C[C@H]3CC4)c2C(=O)OC)cc1. The molecule has 0 radical (unpaired) electrons. The highest BCUT2D eigenvalue weighted by Crippen LogP contribution is 2.46. The second-order valence-electron chi connectivity index (χ2n) is 8.45. The van der Waals surface area contributed by atoms with Crippen molar-refractivity contribution in [2.75, 3.05) is 12.4 Å². The molecule has 0 unspecified atom stereocenters. The number of aryl methyl sites for hydroxylation is 2. The van der Waals surface area contributed by atoms with Crippen molar-refractivity contribution in [3.05, 3.63) is 52.4 Å². The third kappa shape index (κ3) is 3.86. The van der Waals surface area contributed by atoms with Gasteiger partial charge < -0.3 is 15.2 Å². The fraction of sp³-hybridized carbons (Fsp3) is 0.400. The topological polar surface area (TPSA) is 92.7 Å². The lowest BCUT2D eigenvalue weighted by atomic mass is 9.62. The highest BCUT2D eigenvalue weighted by molar-refractivity contribution is 7.17. The summed E-state index contributed by atoms with van der Waals surface area (Å²) in [4.78, 5) is 38.9. The van der Waals surface area contributed by atoms with Crippen molar-refractivity contribution in [3.8, 4) is 11.1 Å². The van der Waals surface area contributed by atoms with Crippen molar-refractivity contribution < 1.29 is 24.2 Å². The number of allylic oxidation sites excluding steroid dienone is 2. The van der Waals surface area contributed by atoms with Crippen LogP contribution in [0.1, 0.15) is 40.6 Å². The molecule has 32 heavy (non-hydrogen) atoms. The fourth-order valence-corrected chi connectivity index (χ4v) is 6.13. The Morgan fingerprint density at radius 1 is 1.09 bits per heavy atom. The van der Waals surface area contributed by atoms with E-state index in [1.807, 2.05) is 43.3 Å². The predicted octanol–water partition coefficient (Wildman–Crippen LogP) is 4.92. The van der Waals surface area contributed by atoms with Crippen molar-refractivity contribution >= 4 is 34.2 Å². The standard InChI is InChI=1S/C25H27NO5S/c1-4-14-5-7-15(8-6-14)18-13(2)32-23(21(18)25(30)31-3)26-22(27)19-16-9-11-17(12-10-16)20(19)24(28)29/h5-9,11,16-17,19-20H,4,10,12H2,1-3H3,(H,26,27)(H,28,29)/t16-,17-,19-,20+/m0/s1. The molecule has 0 spiro atoms. The minimum absolute atomic E-state index is 0.107. The quantitative estimate of drug-likeness (QED) is 0.478. The van der Waals surface area contributed by atoms with Crippen LogP contribution < -0.4 is 5.32 Å². The van der Waals surface area contributed by atoms with Crippen LogP contribution in [-0.4, -0.2) is 30.1 Å². The Bertz CT molecular complexity index is 1080. The average Bonchev–Trinajstić information content (AvgIpc) is 3.13. The smallest absolute Gasteiger partial charge is 0.341 e. The minimum atomic E-state index is -0.948. The average molecular weight is 454 g/mol. The van der Waals surface area contributed by atoms with Gasteiger partial charge in [0.05, 0.1) is 18.9 Å².